The Hall–Kier alpha value is -1.35. The smallest absolute Gasteiger partial charge is 0.251 e. The van der Waals surface area contributed by atoms with Crippen molar-refractivity contribution in [3.63, 3.8) is 0 Å². The van der Waals surface area contributed by atoms with E-state index in [1.807, 2.05) is 26.0 Å². The predicted octanol–water partition coefficient (Wildman–Crippen LogP) is 1.43. The lowest BCUT2D eigenvalue weighted by Crippen LogP contribution is -2.27. The van der Waals surface area contributed by atoms with Crippen LogP contribution in [-0.2, 0) is 4.74 Å². The highest BCUT2D eigenvalue weighted by molar-refractivity contribution is 5.94. The summed E-state index contributed by atoms with van der Waals surface area (Å²) < 4.78 is 5.03. The van der Waals surface area contributed by atoms with Crippen molar-refractivity contribution < 1.29 is 9.53 Å². The summed E-state index contributed by atoms with van der Waals surface area (Å²) in [6.07, 6.45) is 0.236. The number of hydrogen-bond donors (Lipinski definition) is 1. The minimum atomic E-state index is -0.0164. The minimum absolute atomic E-state index is 0.0164. The molecular weight excluding hydrogens is 190 g/mol. The lowest BCUT2D eigenvalue weighted by molar-refractivity contribution is 0.0950. The Morgan fingerprint density at radius 1 is 1.40 bits per heavy atom. The molecule has 0 aromatic heterocycles. The van der Waals surface area contributed by atoms with Crippen molar-refractivity contribution >= 4 is 5.91 Å². The molecule has 1 unspecified atom stereocenters. The van der Waals surface area contributed by atoms with Crippen molar-refractivity contribution in [3.8, 4) is 0 Å². The molecule has 2 rings (SSSR count). The van der Waals surface area contributed by atoms with Gasteiger partial charge in [-0.25, -0.2) is 0 Å². The Morgan fingerprint density at radius 2 is 2.00 bits per heavy atom. The number of carbonyl (C=O) groups excluding carboxylic acids is 1. The largest absolute Gasteiger partial charge is 0.371 e. The van der Waals surface area contributed by atoms with Crippen LogP contribution in [0.5, 0.6) is 0 Å². The molecule has 0 radical (unpaired) electrons. The van der Waals surface area contributed by atoms with Gasteiger partial charge in [0, 0.05) is 12.1 Å². The normalized spacial score (nSPS) is 18.7. The summed E-state index contributed by atoms with van der Waals surface area (Å²) in [5, 5.41) is 2.85. The predicted molar refractivity (Wildman–Crippen MR) is 58.0 cm³/mol. The number of epoxide rings is 1. The first-order valence-corrected chi connectivity index (χ1v) is 5.13. The highest BCUT2D eigenvalue weighted by atomic mass is 16.6. The van der Waals surface area contributed by atoms with Crippen LogP contribution in [0.1, 0.15) is 21.5 Å². The summed E-state index contributed by atoms with van der Waals surface area (Å²) in [6, 6.07) is 5.85. The fraction of sp³-hybridized carbons (Fsp3) is 0.417. The van der Waals surface area contributed by atoms with Gasteiger partial charge in [0.15, 0.2) is 0 Å². The van der Waals surface area contributed by atoms with E-state index in [9.17, 15) is 4.79 Å². The van der Waals surface area contributed by atoms with Crippen molar-refractivity contribution in [3.05, 3.63) is 34.9 Å². The van der Waals surface area contributed by atoms with Crippen molar-refractivity contribution in [1.82, 2.24) is 5.32 Å². The molecule has 1 amide bonds. The third kappa shape index (κ3) is 2.80. The minimum Gasteiger partial charge on any atom is -0.371 e. The van der Waals surface area contributed by atoms with E-state index in [2.05, 4.69) is 11.4 Å². The molecule has 1 aromatic carbocycles. The summed E-state index contributed by atoms with van der Waals surface area (Å²) in [4.78, 5) is 11.7. The molecule has 3 heteroatoms. The first-order valence-electron chi connectivity index (χ1n) is 5.13. The Balaban J connectivity index is 2.02. The SMILES string of the molecule is Cc1cc(C)cc(C(=O)NCC2CO2)c1. The van der Waals surface area contributed by atoms with Crippen LogP contribution in [0, 0.1) is 13.8 Å². The Bertz CT molecular complexity index is 363. The lowest BCUT2D eigenvalue weighted by atomic mass is 10.1. The summed E-state index contributed by atoms with van der Waals surface area (Å²) >= 11 is 0. The van der Waals surface area contributed by atoms with E-state index in [0.29, 0.717) is 6.54 Å². The van der Waals surface area contributed by atoms with Crippen LogP contribution >= 0.6 is 0 Å². The van der Waals surface area contributed by atoms with Gasteiger partial charge in [0.2, 0.25) is 0 Å². The summed E-state index contributed by atoms with van der Waals surface area (Å²) in [7, 11) is 0. The fourth-order valence-electron chi connectivity index (χ4n) is 1.60. The maximum Gasteiger partial charge on any atom is 0.251 e. The van der Waals surface area contributed by atoms with Crippen LogP contribution in [0.3, 0.4) is 0 Å². The maximum absolute atomic E-state index is 11.7. The van der Waals surface area contributed by atoms with Crippen molar-refractivity contribution in [2.24, 2.45) is 0 Å². The first-order chi connectivity index (χ1) is 7.15. The molecule has 1 atom stereocenters. The molecule has 1 fully saturated rings. The highest BCUT2D eigenvalue weighted by Crippen LogP contribution is 2.10. The summed E-state index contributed by atoms with van der Waals surface area (Å²) in [6.45, 7) is 5.38. The zero-order chi connectivity index (χ0) is 10.8. The standard InChI is InChI=1S/C12H15NO2/c1-8-3-9(2)5-10(4-8)12(14)13-6-11-7-15-11/h3-5,11H,6-7H2,1-2H3,(H,13,14). The second kappa shape index (κ2) is 4.03. The van der Waals surface area contributed by atoms with Crippen LogP contribution in [0.25, 0.3) is 0 Å². The molecule has 80 valence electrons. The van der Waals surface area contributed by atoms with Gasteiger partial charge in [-0.2, -0.15) is 0 Å². The van der Waals surface area contributed by atoms with Gasteiger partial charge in [-0.05, 0) is 26.0 Å². The van der Waals surface area contributed by atoms with Crippen LogP contribution in [0.2, 0.25) is 0 Å². The zero-order valence-corrected chi connectivity index (χ0v) is 9.04. The average molecular weight is 205 g/mol. The van der Waals surface area contributed by atoms with Gasteiger partial charge in [0.25, 0.3) is 5.91 Å². The quantitative estimate of drug-likeness (QED) is 0.758. The summed E-state index contributed by atoms with van der Waals surface area (Å²) in [5.41, 5.74) is 2.96. The second-order valence-corrected chi connectivity index (χ2v) is 4.04. The molecular formula is C12H15NO2. The number of nitrogens with one attached hydrogen (secondary N) is 1. The third-order valence-electron chi connectivity index (χ3n) is 2.38. The molecule has 1 aromatic rings. The van der Waals surface area contributed by atoms with Gasteiger partial charge in [-0.15, -0.1) is 0 Å². The molecule has 0 bridgehead atoms. The van der Waals surface area contributed by atoms with Crippen LogP contribution < -0.4 is 5.32 Å². The number of amides is 1. The molecule has 1 aliphatic rings. The van der Waals surface area contributed by atoms with E-state index in [1.165, 1.54) is 0 Å². The number of aryl methyl sites for hydroxylation is 2. The molecule has 1 heterocycles. The van der Waals surface area contributed by atoms with E-state index in [1.54, 1.807) is 0 Å². The topological polar surface area (TPSA) is 41.6 Å². The number of ether oxygens (including phenoxy) is 1. The van der Waals surface area contributed by atoms with Crippen LogP contribution in [-0.4, -0.2) is 25.2 Å². The zero-order valence-electron chi connectivity index (χ0n) is 9.04. The van der Waals surface area contributed by atoms with E-state index < -0.39 is 0 Å². The Kier molecular flexibility index (Phi) is 2.73. The number of hydrogen-bond acceptors (Lipinski definition) is 2. The van der Waals surface area contributed by atoms with Gasteiger partial charge < -0.3 is 10.1 Å². The van der Waals surface area contributed by atoms with E-state index in [0.717, 1.165) is 23.3 Å². The summed E-state index contributed by atoms with van der Waals surface area (Å²) in [5.74, 6) is -0.0164. The van der Waals surface area contributed by atoms with Crippen LogP contribution in [0.15, 0.2) is 18.2 Å². The van der Waals surface area contributed by atoms with Crippen molar-refractivity contribution in [2.75, 3.05) is 13.2 Å². The van der Waals surface area contributed by atoms with E-state index in [-0.39, 0.29) is 12.0 Å². The number of carbonyl (C=O) groups is 1. The molecule has 1 saturated heterocycles. The molecule has 15 heavy (non-hydrogen) atoms. The van der Waals surface area contributed by atoms with Gasteiger partial charge in [0.1, 0.15) is 0 Å². The lowest BCUT2D eigenvalue weighted by Gasteiger charge is -2.05. The van der Waals surface area contributed by atoms with E-state index in [4.69, 9.17) is 4.74 Å². The number of rotatable bonds is 3. The molecule has 0 spiro atoms. The first kappa shape index (κ1) is 10.2. The molecule has 1 aliphatic heterocycles. The Labute approximate surface area is 89.4 Å². The highest BCUT2D eigenvalue weighted by Gasteiger charge is 2.22. The maximum atomic E-state index is 11.7. The molecule has 0 aliphatic carbocycles. The van der Waals surface area contributed by atoms with Crippen molar-refractivity contribution in [1.29, 1.82) is 0 Å². The Morgan fingerprint density at radius 3 is 2.53 bits per heavy atom. The average Bonchev–Trinajstić information content (AvgIpc) is 2.96. The van der Waals surface area contributed by atoms with Gasteiger partial charge in [-0.3, -0.25) is 4.79 Å². The fourth-order valence-corrected chi connectivity index (χ4v) is 1.60. The number of benzene rings is 1. The van der Waals surface area contributed by atoms with E-state index >= 15 is 0 Å². The molecule has 1 N–H and O–H groups in total. The third-order valence-corrected chi connectivity index (χ3v) is 2.38. The monoisotopic (exact) mass is 205 g/mol. The second-order valence-electron chi connectivity index (χ2n) is 4.04. The van der Waals surface area contributed by atoms with Gasteiger partial charge in [0.05, 0.1) is 12.7 Å². The van der Waals surface area contributed by atoms with Crippen LogP contribution in [0.4, 0.5) is 0 Å². The van der Waals surface area contributed by atoms with Gasteiger partial charge >= 0.3 is 0 Å². The van der Waals surface area contributed by atoms with Crippen molar-refractivity contribution in [2.45, 2.75) is 20.0 Å². The molecule has 0 saturated carbocycles. The molecule has 3 nitrogen and oxygen atoms in total. The van der Waals surface area contributed by atoms with Gasteiger partial charge in [-0.1, -0.05) is 17.2 Å².